The van der Waals surface area contributed by atoms with Gasteiger partial charge in [0.2, 0.25) is 0 Å². The molecule has 1 nitrogen and oxygen atoms in total. The number of hydrogen-bond acceptors (Lipinski definition) is 1. The van der Waals surface area contributed by atoms with E-state index in [9.17, 15) is 0 Å². The topological polar surface area (TPSA) is 20.2 Å². The molecule has 0 bridgehead atoms. The van der Waals surface area contributed by atoms with Crippen LogP contribution in [-0.2, 0) is 0 Å². The smallest absolute Gasteiger partial charge is 0.0721 e. The van der Waals surface area contributed by atoms with Crippen molar-refractivity contribution in [2.24, 2.45) is 0 Å². The molecule has 2 aliphatic rings. The molecule has 1 unspecified atom stereocenters. The van der Waals surface area contributed by atoms with E-state index in [1.165, 1.54) is 31.2 Å². The van der Waals surface area contributed by atoms with Crippen LogP contribution in [0.5, 0.6) is 0 Å². The fraction of sp³-hybridized carbons (Fsp3) is 0.524. The van der Waals surface area contributed by atoms with Crippen LogP contribution in [-0.4, -0.2) is 11.2 Å². The Balaban J connectivity index is 0.000000169. The molecule has 0 heterocycles. The van der Waals surface area contributed by atoms with Crippen LogP contribution < -0.4 is 0 Å². The van der Waals surface area contributed by atoms with E-state index in [0.29, 0.717) is 5.92 Å². The molecule has 0 radical (unpaired) electrons. The van der Waals surface area contributed by atoms with Crippen LogP contribution in [0.2, 0.25) is 0 Å². The van der Waals surface area contributed by atoms with E-state index in [-0.39, 0.29) is 6.10 Å². The highest BCUT2D eigenvalue weighted by Crippen LogP contribution is 2.11. The molecule has 0 fully saturated rings. The first-order valence-corrected chi connectivity index (χ1v) is 8.75. The highest BCUT2D eigenvalue weighted by atomic mass is 16.3. The molecular weight excluding hydrogens is 268 g/mol. The summed E-state index contributed by atoms with van der Waals surface area (Å²) in [6.07, 6.45) is 17.0. The average Bonchev–Trinajstić information content (AvgIpc) is 2.59. The van der Waals surface area contributed by atoms with E-state index in [0.717, 1.165) is 19.3 Å². The van der Waals surface area contributed by atoms with Crippen molar-refractivity contribution in [2.75, 3.05) is 0 Å². The Kier molecular flexibility index (Phi) is 10.4. The summed E-state index contributed by atoms with van der Waals surface area (Å²) in [6.45, 7) is 4.41. The van der Waals surface area contributed by atoms with Gasteiger partial charge < -0.3 is 5.11 Å². The van der Waals surface area contributed by atoms with Gasteiger partial charge in [0.15, 0.2) is 0 Å². The van der Waals surface area contributed by atoms with Gasteiger partial charge in [-0.25, -0.2) is 0 Å². The third-order valence-corrected chi connectivity index (χ3v) is 3.85. The van der Waals surface area contributed by atoms with Gasteiger partial charge in [-0.1, -0.05) is 68.5 Å². The Morgan fingerprint density at radius 3 is 1.73 bits per heavy atom. The molecule has 1 aromatic carbocycles. The van der Waals surface area contributed by atoms with Crippen molar-refractivity contribution in [3.8, 4) is 0 Å². The summed E-state index contributed by atoms with van der Waals surface area (Å²) in [5, 5.41) is 8.82. The average molecular weight is 300 g/mol. The molecule has 0 spiro atoms. The Bertz CT molecular complexity index is 409. The number of benzene rings is 1. The van der Waals surface area contributed by atoms with Crippen LogP contribution in [0.4, 0.5) is 0 Å². The van der Waals surface area contributed by atoms with E-state index in [2.05, 4.69) is 50.3 Å². The van der Waals surface area contributed by atoms with Gasteiger partial charge in [0.1, 0.15) is 0 Å². The second kappa shape index (κ2) is 12.2. The van der Waals surface area contributed by atoms with E-state index in [1.54, 1.807) is 0 Å². The first-order chi connectivity index (χ1) is 10.7. The molecule has 0 saturated heterocycles. The van der Waals surface area contributed by atoms with Crippen LogP contribution in [0.3, 0.4) is 0 Å². The molecule has 1 atom stereocenters. The summed E-state index contributed by atoms with van der Waals surface area (Å²) >= 11 is 0. The van der Waals surface area contributed by atoms with Crippen LogP contribution >= 0.6 is 0 Å². The summed E-state index contributed by atoms with van der Waals surface area (Å²) in [6, 6.07) is 10.5. The fourth-order valence-corrected chi connectivity index (χ4v) is 2.39. The van der Waals surface area contributed by atoms with Crippen LogP contribution in [0, 0.1) is 0 Å². The Morgan fingerprint density at radius 2 is 1.45 bits per heavy atom. The monoisotopic (exact) mass is 300 g/mol. The highest BCUT2D eigenvalue weighted by Gasteiger charge is 2.00. The van der Waals surface area contributed by atoms with E-state index in [1.807, 2.05) is 18.2 Å². The quantitative estimate of drug-likeness (QED) is 0.629. The summed E-state index contributed by atoms with van der Waals surface area (Å²) in [5.41, 5.74) is 1.41. The summed E-state index contributed by atoms with van der Waals surface area (Å²) < 4.78 is 0. The van der Waals surface area contributed by atoms with Crippen LogP contribution in [0.15, 0.2) is 54.6 Å². The van der Waals surface area contributed by atoms with Crippen molar-refractivity contribution < 1.29 is 5.11 Å². The lowest BCUT2D eigenvalue weighted by molar-refractivity contribution is 0.204. The number of hydrogen-bond donors (Lipinski definition) is 1. The van der Waals surface area contributed by atoms with Gasteiger partial charge >= 0.3 is 0 Å². The molecule has 0 aromatic heterocycles. The maximum atomic E-state index is 8.82. The van der Waals surface area contributed by atoms with Gasteiger partial charge in [0.25, 0.3) is 0 Å². The largest absolute Gasteiger partial charge is 0.389 e. The molecule has 1 N–H and O–H groups in total. The Morgan fingerprint density at radius 1 is 0.864 bits per heavy atom. The predicted molar refractivity (Wildman–Crippen MR) is 97.1 cm³/mol. The zero-order valence-electron chi connectivity index (χ0n) is 14.2. The minimum atomic E-state index is -0.145. The van der Waals surface area contributed by atoms with Crippen molar-refractivity contribution in [3.05, 3.63) is 60.2 Å². The third-order valence-electron chi connectivity index (χ3n) is 3.85. The minimum absolute atomic E-state index is 0.145. The number of allylic oxidation sites excluding steroid dienone is 3. The molecule has 2 aliphatic carbocycles. The van der Waals surface area contributed by atoms with Crippen molar-refractivity contribution in [3.63, 3.8) is 0 Å². The molecular formula is C21H32O. The zero-order chi connectivity index (χ0) is 16.0. The summed E-state index contributed by atoms with van der Waals surface area (Å²) in [4.78, 5) is 0. The van der Waals surface area contributed by atoms with Gasteiger partial charge in [0.05, 0.1) is 6.10 Å². The third kappa shape index (κ3) is 9.57. The van der Waals surface area contributed by atoms with Gasteiger partial charge in [0, 0.05) is 0 Å². The van der Waals surface area contributed by atoms with Crippen molar-refractivity contribution in [1.29, 1.82) is 0 Å². The highest BCUT2D eigenvalue weighted by molar-refractivity contribution is 5.17. The lowest BCUT2D eigenvalue weighted by Gasteiger charge is -2.07. The second-order valence-electron chi connectivity index (χ2n) is 6.25. The molecule has 0 aliphatic heterocycles. The molecule has 122 valence electrons. The SMILES string of the molecule is C1=CCCCC1.CC(C)c1ccccc1.OC1C=CCCC1. The number of aliphatic hydroxyl groups excluding tert-OH is 1. The molecule has 0 amide bonds. The lowest BCUT2D eigenvalue weighted by Crippen LogP contribution is -2.04. The predicted octanol–water partition coefficient (Wildman–Crippen LogP) is 6.01. The standard InChI is InChI=1S/C9H12.C6H10O.C6H10/c1-8(2)9-6-4-3-5-7-9;7-6-4-2-1-3-5-6;1-2-4-6-5-3-1/h3-8H,1-2H3;2,4,6-7H,1,3,5H2;1-2H,3-6H2. The molecule has 0 saturated carbocycles. The first-order valence-electron chi connectivity index (χ1n) is 8.75. The van der Waals surface area contributed by atoms with Crippen LogP contribution in [0.1, 0.15) is 70.3 Å². The zero-order valence-corrected chi connectivity index (χ0v) is 14.2. The molecule has 3 rings (SSSR count). The Labute approximate surface area is 136 Å². The second-order valence-corrected chi connectivity index (χ2v) is 6.25. The number of aliphatic hydroxyl groups is 1. The Hall–Kier alpha value is -1.34. The summed E-state index contributed by atoms with van der Waals surface area (Å²) in [7, 11) is 0. The van der Waals surface area contributed by atoms with Gasteiger partial charge in [-0.05, 0) is 56.4 Å². The van der Waals surface area contributed by atoms with Crippen LogP contribution in [0.25, 0.3) is 0 Å². The van der Waals surface area contributed by atoms with E-state index < -0.39 is 0 Å². The van der Waals surface area contributed by atoms with E-state index in [4.69, 9.17) is 5.11 Å². The first kappa shape index (κ1) is 18.7. The van der Waals surface area contributed by atoms with Gasteiger partial charge in [-0.15, -0.1) is 0 Å². The van der Waals surface area contributed by atoms with Gasteiger partial charge in [-0.2, -0.15) is 0 Å². The maximum absolute atomic E-state index is 8.82. The molecule has 22 heavy (non-hydrogen) atoms. The fourth-order valence-electron chi connectivity index (χ4n) is 2.39. The maximum Gasteiger partial charge on any atom is 0.0721 e. The summed E-state index contributed by atoms with van der Waals surface area (Å²) in [5.74, 6) is 0.659. The minimum Gasteiger partial charge on any atom is -0.389 e. The normalized spacial score (nSPS) is 19.7. The molecule has 1 aromatic rings. The number of rotatable bonds is 1. The van der Waals surface area contributed by atoms with Crippen molar-refractivity contribution in [2.45, 2.75) is 70.8 Å². The molecule has 1 heteroatoms. The van der Waals surface area contributed by atoms with Gasteiger partial charge in [-0.3, -0.25) is 0 Å². The van der Waals surface area contributed by atoms with Crippen molar-refractivity contribution >= 4 is 0 Å². The lowest BCUT2D eigenvalue weighted by atomic mass is 10.0. The van der Waals surface area contributed by atoms with Crippen molar-refractivity contribution in [1.82, 2.24) is 0 Å². The van der Waals surface area contributed by atoms with E-state index >= 15 is 0 Å².